The van der Waals surface area contributed by atoms with Gasteiger partial charge >= 0.3 is 6.01 Å². The molecule has 9 heteroatoms. The molecule has 3 heterocycles. The van der Waals surface area contributed by atoms with Crippen molar-refractivity contribution in [1.29, 1.82) is 0 Å². The number of pyridine rings is 1. The third kappa shape index (κ3) is 5.17. The zero-order chi connectivity index (χ0) is 24.2. The van der Waals surface area contributed by atoms with Gasteiger partial charge in [-0.1, -0.05) is 64.3 Å². The van der Waals surface area contributed by atoms with Gasteiger partial charge < -0.3 is 14.0 Å². The second-order valence-corrected chi connectivity index (χ2v) is 8.35. The van der Waals surface area contributed by atoms with E-state index in [1.165, 1.54) is 0 Å². The van der Waals surface area contributed by atoms with Gasteiger partial charge in [-0.25, -0.2) is 4.98 Å². The summed E-state index contributed by atoms with van der Waals surface area (Å²) < 4.78 is 19.1. The van der Waals surface area contributed by atoms with Crippen LogP contribution >= 0.6 is 11.6 Å². The number of rotatable bonds is 8. The molecule has 0 aliphatic heterocycles. The van der Waals surface area contributed by atoms with Crippen molar-refractivity contribution in [3.8, 4) is 34.6 Å². The number of nitrogens with zero attached hydrogens (tertiary/aromatic N) is 5. The highest BCUT2D eigenvalue weighted by Gasteiger charge is 2.19. The van der Waals surface area contributed by atoms with Gasteiger partial charge in [0.1, 0.15) is 18.4 Å². The molecule has 0 saturated heterocycles. The first kappa shape index (κ1) is 22.6. The van der Waals surface area contributed by atoms with Crippen molar-refractivity contribution in [2.75, 3.05) is 0 Å². The van der Waals surface area contributed by atoms with Crippen LogP contribution in [0.4, 0.5) is 0 Å². The summed E-state index contributed by atoms with van der Waals surface area (Å²) in [6.45, 7) is 2.30. The van der Waals surface area contributed by atoms with Gasteiger partial charge in [0, 0.05) is 41.5 Å². The molecule has 0 radical (unpaired) electrons. The van der Waals surface area contributed by atoms with Crippen LogP contribution in [-0.4, -0.2) is 24.9 Å². The normalized spacial score (nSPS) is 11.9. The topological polar surface area (TPSA) is 88.1 Å². The number of benzene rings is 2. The van der Waals surface area contributed by atoms with Crippen LogP contribution in [0.1, 0.15) is 24.3 Å². The molecule has 0 N–H and O–H groups in total. The van der Waals surface area contributed by atoms with Gasteiger partial charge in [-0.15, -0.1) is 5.10 Å². The Balaban J connectivity index is 1.29. The third-order valence-electron chi connectivity index (χ3n) is 5.39. The predicted octanol–water partition coefficient (Wildman–Crippen LogP) is 5.90. The van der Waals surface area contributed by atoms with Crippen LogP contribution in [0.25, 0.3) is 22.7 Å². The minimum atomic E-state index is -0.412. The average molecular weight is 488 g/mol. The second-order valence-electron chi connectivity index (χ2n) is 7.91. The minimum Gasteiger partial charge on any atom is -0.473 e. The van der Waals surface area contributed by atoms with Gasteiger partial charge in [0.05, 0.1) is 0 Å². The van der Waals surface area contributed by atoms with Crippen molar-refractivity contribution in [3.63, 3.8) is 0 Å². The summed E-state index contributed by atoms with van der Waals surface area (Å²) in [7, 11) is 1.84. The second kappa shape index (κ2) is 9.99. The molecule has 1 atom stereocenters. The van der Waals surface area contributed by atoms with E-state index >= 15 is 0 Å². The van der Waals surface area contributed by atoms with Crippen LogP contribution in [0.5, 0.6) is 11.9 Å². The molecular formula is C26H22ClN5O3. The van der Waals surface area contributed by atoms with E-state index < -0.39 is 6.10 Å². The van der Waals surface area contributed by atoms with E-state index in [1.54, 1.807) is 16.8 Å². The van der Waals surface area contributed by atoms with Crippen LogP contribution in [0.3, 0.4) is 0 Å². The first-order chi connectivity index (χ1) is 17.1. The fraction of sp³-hybridized carbons (Fsp3) is 0.154. The van der Waals surface area contributed by atoms with Crippen molar-refractivity contribution < 1.29 is 14.0 Å². The molecular weight excluding hydrogens is 466 g/mol. The van der Waals surface area contributed by atoms with Gasteiger partial charge in [0.15, 0.2) is 11.6 Å². The van der Waals surface area contributed by atoms with Gasteiger partial charge in [0.2, 0.25) is 5.88 Å². The van der Waals surface area contributed by atoms with E-state index in [4.69, 9.17) is 25.6 Å². The van der Waals surface area contributed by atoms with Gasteiger partial charge in [-0.2, -0.15) is 0 Å². The lowest BCUT2D eigenvalue weighted by molar-refractivity contribution is 0.190. The highest BCUT2D eigenvalue weighted by Crippen LogP contribution is 2.29. The summed E-state index contributed by atoms with van der Waals surface area (Å²) in [5, 5.41) is 13.3. The van der Waals surface area contributed by atoms with Crippen LogP contribution < -0.4 is 9.47 Å². The number of aromatic nitrogens is 5. The van der Waals surface area contributed by atoms with Crippen molar-refractivity contribution >= 4 is 11.6 Å². The predicted molar refractivity (Wildman–Crippen MR) is 131 cm³/mol. The molecule has 0 bridgehead atoms. The molecule has 2 aromatic carbocycles. The van der Waals surface area contributed by atoms with Crippen LogP contribution in [0.15, 0.2) is 83.5 Å². The fourth-order valence-electron chi connectivity index (χ4n) is 3.50. The maximum Gasteiger partial charge on any atom is 0.317 e. The van der Waals surface area contributed by atoms with Gasteiger partial charge in [0.25, 0.3) is 0 Å². The van der Waals surface area contributed by atoms with Crippen molar-refractivity contribution in [2.45, 2.75) is 19.6 Å². The largest absolute Gasteiger partial charge is 0.473 e. The molecule has 3 aromatic heterocycles. The number of halogens is 1. The molecule has 176 valence electrons. The van der Waals surface area contributed by atoms with Gasteiger partial charge in [-0.05, 0) is 30.7 Å². The molecule has 0 aliphatic rings. The molecule has 0 saturated carbocycles. The Morgan fingerprint density at radius 2 is 1.83 bits per heavy atom. The maximum absolute atomic E-state index is 6.08. The van der Waals surface area contributed by atoms with Crippen molar-refractivity contribution in [2.24, 2.45) is 7.05 Å². The summed E-state index contributed by atoms with van der Waals surface area (Å²) in [6.07, 6.45) is 1.27. The molecule has 5 rings (SSSR count). The SMILES string of the molecule is CC(Oc1nnc(-c2ccnc(OCc3ccccc3)c2)n1C)c1cc(-c2cccc(Cl)c2)on1. The lowest BCUT2D eigenvalue weighted by atomic mass is 10.1. The van der Waals surface area contributed by atoms with E-state index in [1.807, 2.05) is 80.7 Å². The van der Waals surface area contributed by atoms with Gasteiger partial charge in [-0.3, -0.25) is 4.57 Å². The van der Waals surface area contributed by atoms with Crippen molar-refractivity contribution in [1.82, 2.24) is 24.9 Å². The van der Waals surface area contributed by atoms with Crippen LogP contribution in [-0.2, 0) is 13.7 Å². The molecule has 1 unspecified atom stereocenters. The Morgan fingerprint density at radius 1 is 0.971 bits per heavy atom. The molecule has 5 aromatic rings. The molecule has 0 amide bonds. The van der Waals surface area contributed by atoms with E-state index in [0.29, 0.717) is 40.8 Å². The highest BCUT2D eigenvalue weighted by atomic mass is 35.5. The summed E-state index contributed by atoms with van der Waals surface area (Å²) in [6, 6.07) is 23.2. The molecule has 0 fully saturated rings. The summed E-state index contributed by atoms with van der Waals surface area (Å²) in [5.41, 5.74) is 3.34. The lowest BCUT2D eigenvalue weighted by Gasteiger charge is -2.11. The Kier molecular flexibility index (Phi) is 6.45. The lowest BCUT2D eigenvalue weighted by Crippen LogP contribution is -2.07. The van der Waals surface area contributed by atoms with E-state index in [9.17, 15) is 0 Å². The first-order valence-electron chi connectivity index (χ1n) is 11.0. The zero-order valence-electron chi connectivity index (χ0n) is 19.1. The monoisotopic (exact) mass is 487 g/mol. The molecule has 0 spiro atoms. The molecule has 35 heavy (non-hydrogen) atoms. The Hall–Kier alpha value is -4.17. The van der Waals surface area contributed by atoms with Crippen LogP contribution in [0.2, 0.25) is 5.02 Å². The number of hydrogen-bond donors (Lipinski definition) is 0. The van der Waals surface area contributed by atoms with E-state index in [-0.39, 0.29) is 0 Å². The Morgan fingerprint density at radius 3 is 2.66 bits per heavy atom. The molecule has 0 aliphatic carbocycles. The maximum atomic E-state index is 6.08. The number of hydrogen-bond acceptors (Lipinski definition) is 7. The van der Waals surface area contributed by atoms with E-state index in [2.05, 4.69) is 20.3 Å². The minimum absolute atomic E-state index is 0.350. The third-order valence-corrected chi connectivity index (χ3v) is 5.63. The van der Waals surface area contributed by atoms with Crippen LogP contribution in [0, 0.1) is 0 Å². The quantitative estimate of drug-likeness (QED) is 0.269. The first-order valence-corrected chi connectivity index (χ1v) is 11.4. The highest BCUT2D eigenvalue weighted by molar-refractivity contribution is 6.30. The van der Waals surface area contributed by atoms with Crippen molar-refractivity contribution in [3.05, 3.63) is 95.3 Å². The zero-order valence-corrected chi connectivity index (χ0v) is 19.9. The molecule has 8 nitrogen and oxygen atoms in total. The Labute approximate surface area is 207 Å². The Bertz CT molecular complexity index is 1430. The fourth-order valence-corrected chi connectivity index (χ4v) is 3.69. The average Bonchev–Trinajstić information content (AvgIpc) is 3.51. The summed E-state index contributed by atoms with van der Waals surface area (Å²) in [5.74, 6) is 1.73. The smallest absolute Gasteiger partial charge is 0.317 e. The summed E-state index contributed by atoms with van der Waals surface area (Å²) in [4.78, 5) is 4.30. The summed E-state index contributed by atoms with van der Waals surface area (Å²) >= 11 is 6.08. The van der Waals surface area contributed by atoms with E-state index in [0.717, 1.165) is 16.7 Å². The number of ether oxygens (including phenoxy) is 2. The standard InChI is InChI=1S/C26H22ClN5O3/c1-17(22-15-23(35-31-22)19-9-6-10-21(27)13-19)34-26-30-29-25(32(26)2)20-11-12-28-24(14-20)33-16-18-7-4-3-5-8-18/h3-15,17H,16H2,1-2H3.